The zero-order chi connectivity index (χ0) is 10.3. The van der Waals surface area contributed by atoms with E-state index >= 15 is 0 Å². The van der Waals surface area contributed by atoms with Gasteiger partial charge in [0.15, 0.2) is 0 Å². The fraction of sp³-hybridized carbons (Fsp3) is 0.545. The lowest BCUT2D eigenvalue weighted by molar-refractivity contribution is -0.137. The van der Waals surface area contributed by atoms with Gasteiger partial charge in [-0.1, -0.05) is 11.8 Å². The van der Waals surface area contributed by atoms with E-state index in [0.717, 1.165) is 0 Å². The Bertz CT molecular complexity index is 245. The van der Waals surface area contributed by atoms with Gasteiger partial charge in [0.1, 0.15) is 0 Å². The van der Waals surface area contributed by atoms with Crippen molar-refractivity contribution in [3.05, 3.63) is 12.2 Å². The average molecular weight is 180 g/mol. The van der Waals surface area contributed by atoms with Crippen LogP contribution in [-0.4, -0.2) is 12.6 Å². The van der Waals surface area contributed by atoms with Crippen molar-refractivity contribution in [2.75, 3.05) is 6.61 Å². The minimum Gasteiger partial charge on any atom is -0.463 e. The van der Waals surface area contributed by atoms with Gasteiger partial charge in [0.2, 0.25) is 0 Å². The summed E-state index contributed by atoms with van der Waals surface area (Å²) in [6.07, 6.45) is 2.85. The molecule has 0 aromatic carbocycles. The number of carbonyl (C=O) groups is 1. The van der Waals surface area contributed by atoms with Gasteiger partial charge in [0.25, 0.3) is 0 Å². The first-order chi connectivity index (χ1) is 5.95. The zero-order valence-corrected chi connectivity index (χ0v) is 8.68. The summed E-state index contributed by atoms with van der Waals surface area (Å²) < 4.78 is 4.68. The molecule has 2 nitrogen and oxygen atoms in total. The Balaban J connectivity index is 3.99. The molecule has 0 bridgehead atoms. The predicted molar refractivity (Wildman–Crippen MR) is 53.0 cm³/mol. The molecule has 0 aliphatic carbocycles. The monoisotopic (exact) mass is 180 g/mol. The molecule has 72 valence electrons. The molecule has 0 heterocycles. The van der Waals surface area contributed by atoms with Crippen LogP contribution in [0.4, 0.5) is 0 Å². The van der Waals surface area contributed by atoms with Gasteiger partial charge in [0, 0.05) is 11.5 Å². The highest BCUT2D eigenvalue weighted by molar-refractivity contribution is 5.82. The molecule has 0 amide bonds. The van der Waals surface area contributed by atoms with Crippen LogP contribution in [0.2, 0.25) is 0 Å². The first kappa shape index (κ1) is 11.8. The molecule has 0 saturated heterocycles. The van der Waals surface area contributed by atoms with Crippen molar-refractivity contribution in [1.29, 1.82) is 0 Å². The van der Waals surface area contributed by atoms with Crippen molar-refractivity contribution in [3.8, 4) is 11.8 Å². The molecule has 0 rings (SSSR count). The van der Waals surface area contributed by atoms with Crippen LogP contribution in [0, 0.1) is 17.3 Å². The molecule has 0 aliphatic heterocycles. The molecule has 0 unspecified atom stereocenters. The van der Waals surface area contributed by atoms with E-state index in [1.165, 1.54) is 12.2 Å². The minimum absolute atomic E-state index is 0.0288. The molecule has 0 aromatic heterocycles. The Labute approximate surface area is 80.0 Å². The van der Waals surface area contributed by atoms with Crippen molar-refractivity contribution >= 4 is 5.97 Å². The van der Waals surface area contributed by atoms with E-state index in [-0.39, 0.29) is 11.4 Å². The number of allylic oxidation sites excluding steroid dienone is 1. The SMILES string of the molecule is CCOC(=O)/C=C/C#CC(C)(C)C. The Morgan fingerprint density at radius 1 is 1.46 bits per heavy atom. The normalized spacial score (nSPS) is 10.8. The lowest BCUT2D eigenvalue weighted by Crippen LogP contribution is -1.99. The largest absolute Gasteiger partial charge is 0.463 e. The Morgan fingerprint density at radius 3 is 2.54 bits per heavy atom. The van der Waals surface area contributed by atoms with Crippen LogP contribution >= 0.6 is 0 Å². The highest BCUT2D eigenvalue weighted by atomic mass is 16.5. The zero-order valence-electron chi connectivity index (χ0n) is 8.68. The first-order valence-electron chi connectivity index (χ1n) is 4.31. The van der Waals surface area contributed by atoms with Gasteiger partial charge < -0.3 is 4.74 Å². The molecule has 0 N–H and O–H groups in total. The van der Waals surface area contributed by atoms with Crippen molar-refractivity contribution in [3.63, 3.8) is 0 Å². The topological polar surface area (TPSA) is 26.3 Å². The van der Waals surface area contributed by atoms with Crippen LogP contribution in [0.5, 0.6) is 0 Å². The summed E-state index contributed by atoms with van der Waals surface area (Å²) in [6.45, 7) is 8.21. The second-order valence-corrected chi connectivity index (χ2v) is 3.60. The van der Waals surface area contributed by atoms with Gasteiger partial charge in [-0.3, -0.25) is 0 Å². The third-order valence-electron chi connectivity index (χ3n) is 1.04. The highest BCUT2D eigenvalue weighted by Crippen LogP contribution is 2.09. The van der Waals surface area contributed by atoms with E-state index in [2.05, 4.69) is 16.6 Å². The van der Waals surface area contributed by atoms with Crippen LogP contribution in [0.25, 0.3) is 0 Å². The van der Waals surface area contributed by atoms with Crippen molar-refractivity contribution < 1.29 is 9.53 Å². The van der Waals surface area contributed by atoms with E-state index in [1.54, 1.807) is 6.92 Å². The number of rotatable bonds is 2. The third kappa shape index (κ3) is 8.68. The predicted octanol–water partition coefficient (Wildman–Crippen LogP) is 2.16. The summed E-state index contributed by atoms with van der Waals surface area (Å²) >= 11 is 0. The second-order valence-electron chi connectivity index (χ2n) is 3.60. The first-order valence-corrected chi connectivity index (χ1v) is 4.31. The molecule has 13 heavy (non-hydrogen) atoms. The maximum absolute atomic E-state index is 10.8. The van der Waals surface area contributed by atoms with E-state index in [0.29, 0.717) is 6.61 Å². The van der Waals surface area contributed by atoms with E-state index in [9.17, 15) is 4.79 Å². The fourth-order valence-electron chi connectivity index (χ4n) is 0.558. The fourth-order valence-corrected chi connectivity index (χ4v) is 0.558. The molecule has 0 aromatic rings. The van der Waals surface area contributed by atoms with Gasteiger partial charge in [-0.15, -0.1) is 0 Å². The summed E-state index contributed by atoms with van der Waals surface area (Å²) in [5, 5.41) is 0. The summed E-state index contributed by atoms with van der Waals surface area (Å²) in [5.41, 5.74) is -0.0288. The molecule has 0 spiro atoms. The molecule has 0 radical (unpaired) electrons. The lowest BCUT2D eigenvalue weighted by Gasteiger charge is -2.05. The average Bonchev–Trinajstić information content (AvgIpc) is 1.97. The maximum atomic E-state index is 10.8. The summed E-state index contributed by atoms with van der Waals surface area (Å²) in [5.74, 6) is 5.42. The molecular weight excluding hydrogens is 164 g/mol. The highest BCUT2D eigenvalue weighted by Gasteiger charge is 2.02. The van der Waals surface area contributed by atoms with Crippen molar-refractivity contribution in [2.24, 2.45) is 5.41 Å². The van der Waals surface area contributed by atoms with Gasteiger partial charge in [0.05, 0.1) is 6.61 Å². The van der Waals surface area contributed by atoms with E-state index in [1.807, 2.05) is 20.8 Å². The van der Waals surface area contributed by atoms with Crippen LogP contribution in [-0.2, 0) is 9.53 Å². The maximum Gasteiger partial charge on any atom is 0.331 e. The standard InChI is InChI=1S/C11H16O2/c1-5-13-10(12)8-6-7-9-11(2,3)4/h6,8H,5H2,1-4H3/b8-6+. The Hall–Kier alpha value is -1.23. The van der Waals surface area contributed by atoms with Crippen molar-refractivity contribution in [1.82, 2.24) is 0 Å². The number of hydrogen-bond acceptors (Lipinski definition) is 2. The number of ether oxygens (including phenoxy) is 1. The molecular formula is C11H16O2. The van der Waals surface area contributed by atoms with Crippen molar-refractivity contribution in [2.45, 2.75) is 27.7 Å². The minimum atomic E-state index is -0.342. The second kappa shape index (κ2) is 5.42. The Morgan fingerprint density at radius 2 is 2.08 bits per heavy atom. The van der Waals surface area contributed by atoms with E-state index < -0.39 is 0 Å². The lowest BCUT2D eigenvalue weighted by atomic mass is 9.98. The van der Waals surface area contributed by atoms with Gasteiger partial charge >= 0.3 is 5.97 Å². The molecule has 2 heteroatoms. The molecule has 0 atom stereocenters. The van der Waals surface area contributed by atoms with Crippen LogP contribution in [0.1, 0.15) is 27.7 Å². The number of hydrogen-bond donors (Lipinski definition) is 0. The summed E-state index contributed by atoms with van der Waals surface area (Å²) in [4.78, 5) is 10.8. The number of esters is 1. The van der Waals surface area contributed by atoms with Gasteiger partial charge in [-0.05, 0) is 33.8 Å². The Kier molecular flexibility index (Phi) is 4.91. The summed E-state index contributed by atoms with van der Waals surface area (Å²) in [7, 11) is 0. The van der Waals surface area contributed by atoms with Crippen LogP contribution in [0.15, 0.2) is 12.2 Å². The van der Waals surface area contributed by atoms with Crippen LogP contribution in [0.3, 0.4) is 0 Å². The number of carbonyl (C=O) groups excluding carboxylic acids is 1. The molecule has 0 saturated carbocycles. The molecule has 0 fully saturated rings. The van der Waals surface area contributed by atoms with E-state index in [4.69, 9.17) is 0 Å². The van der Waals surface area contributed by atoms with Gasteiger partial charge in [-0.2, -0.15) is 0 Å². The van der Waals surface area contributed by atoms with Crippen LogP contribution < -0.4 is 0 Å². The summed E-state index contributed by atoms with van der Waals surface area (Å²) in [6, 6.07) is 0. The third-order valence-corrected chi connectivity index (χ3v) is 1.04. The quantitative estimate of drug-likeness (QED) is 0.370. The smallest absolute Gasteiger partial charge is 0.331 e. The molecule has 0 aliphatic rings. The van der Waals surface area contributed by atoms with Gasteiger partial charge in [-0.25, -0.2) is 4.79 Å².